The summed E-state index contributed by atoms with van der Waals surface area (Å²) in [5, 5.41) is 19.4. The molecule has 0 spiro atoms. The zero-order chi connectivity index (χ0) is 18.5. The van der Waals surface area contributed by atoms with Crippen LogP contribution in [0.1, 0.15) is 91.4 Å². The van der Waals surface area contributed by atoms with E-state index in [-0.39, 0.29) is 6.10 Å². The van der Waals surface area contributed by atoms with Gasteiger partial charge in [0.1, 0.15) is 0 Å². The highest BCUT2D eigenvalue weighted by molar-refractivity contribution is 5.09. The standard InChI is InChI=1S/C24H42O2/c1-16(5-4-14-25)20-8-9-21-19-7-6-17-15-18(26)10-12-23(17,2)22(19)11-13-24(20,21)3/h16-22,25-26H,4-15H2,1-3H3/t16-,17-,18-,19+,20?,21+,22+,23+,24-/m1/s1. The smallest absolute Gasteiger partial charge is 0.0543 e. The van der Waals surface area contributed by atoms with E-state index < -0.39 is 0 Å². The first kappa shape index (κ1) is 19.2. The van der Waals surface area contributed by atoms with Crippen LogP contribution in [0.4, 0.5) is 0 Å². The molecule has 0 radical (unpaired) electrons. The highest BCUT2D eigenvalue weighted by Gasteiger charge is 2.60. The lowest BCUT2D eigenvalue weighted by Crippen LogP contribution is -2.54. The maximum Gasteiger partial charge on any atom is 0.0543 e. The predicted molar refractivity (Wildman–Crippen MR) is 107 cm³/mol. The van der Waals surface area contributed by atoms with Gasteiger partial charge < -0.3 is 10.2 Å². The Kier molecular flexibility index (Phi) is 5.23. The first-order valence-corrected chi connectivity index (χ1v) is 11.7. The number of hydrogen-bond acceptors (Lipinski definition) is 2. The molecule has 4 saturated carbocycles. The first-order chi connectivity index (χ1) is 12.4. The monoisotopic (exact) mass is 362 g/mol. The first-order valence-electron chi connectivity index (χ1n) is 11.7. The predicted octanol–water partition coefficient (Wildman–Crippen LogP) is 5.41. The third-order valence-corrected chi connectivity index (χ3v) is 10.2. The van der Waals surface area contributed by atoms with Crippen LogP contribution in [0.3, 0.4) is 0 Å². The van der Waals surface area contributed by atoms with Gasteiger partial charge in [-0.1, -0.05) is 20.8 Å². The molecule has 26 heavy (non-hydrogen) atoms. The van der Waals surface area contributed by atoms with E-state index in [1.807, 2.05) is 0 Å². The summed E-state index contributed by atoms with van der Waals surface area (Å²) in [6.07, 6.45) is 14.1. The van der Waals surface area contributed by atoms with Gasteiger partial charge in [0.15, 0.2) is 0 Å². The van der Waals surface area contributed by atoms with E-state index in [1.54, 1.807) is 0 Å². The average Bonchev–Trinajstić information content (AvgIpc) is 2.97. The number of hydrogen-bond donors (Lipinski definition) is 2. The lowest BCUT2D eigenvalue weighted by atomic mass is 9.44. The number of aliphatic hydroxyl groups excluding tert-OH is 2. The van der Waals surface area contributed by atoms with Crippen molar-refractivity contribution in [2.24, 2.45) is 46.3 Å². The molecule has 0 aliphatic heterocycles. The molecule has 2 nitrogen and oxygen atoms in total. The van der Waals surface area contributed by atoms with Gasteiger partial charge in [0.05, 0.1) is 6.10 Å². The molecule has 9 atom stereocenters. The van der Waals surface area contributed by atoms with Crippen molar-refractivity contribution in [1.82, 2.24) is 0 Å². The maximum absolute atomic E-state index is 10.2. The van der Waals surface area contributed by atoms with Crippen molar-refractivity contribution in [3.8, 4) is 0 Å². The van der Waals surface area contributed by atoms with E-state index in [1.165, 1.54) is 51.4 Å². The van der Waals surface area contributed by atoms with Crippen LogP contribution in [0.25, 0.3) is 0 Å². The molecule has 4 fully saturated rings. The van der Waals surface area contributed by atoms with E-state index in [0.717, 1.165) is 54.8 Å². The fourth-order valence-electron chi connectivity index (χ4n) is 8.83. The van der Waals surface area contributed by atoms with Gasteiger partial charge >= 0.3 is 0 Å². The average molecular weight is 363 g/mol. The second kappa shape index (κ2) is 7.07. The summed E-state index contributed by atoms with van der Waals surface area (Å²) < 4.78 is 0. The normalized spacial score (nSPS) is 52.0. The Hall–Kier alpha value is -0.0800. The van der Waals surface area contributed by atoms with Crippen LogP contribution in [0.5, 0.6) is 0 Å². The molecule has 0 aromatic heterocycles. The number of rotatable bonds is 4. The van der Waals surface area contributed by atoms with Gasteiger partial charge in [-0.05, 0) is 117 Å². The van der Waals surface area contributed by atoms with Gasteiger partial charge in [-0.25, -0.2) is 0 Å². The highest BCUT2D eigenvalue weighted by Crippen LogP contribution is 2.68. The van der Waals surface area contributed by atoms with Gasteiger partial charge in [-0.3, -0.25) is 0 Å². The number of fused-ring (bicyclic) bond motifs is 5. The molecule has 4 aliphatic rings. The van der Waals surface area contributed by atoms with Crippen molar-refractivity contribution < 1.29 is 10.2 Å². The third kappa shape index (κ3) is 2.89. The molecule has 150 valence electrons. The largest absolute Gasteiger partial charge is 0.396 e. The van der Waals surface area contributed by atoms with Crippen molar-refractivity contribution in [2.45, 2.75) is 97.5 Å². The molecule has 0 saturated heterocycles. The Bertz CT molecular complexity index is 504. The van der Waals surface area contributed by atoms with Gasteiger partial charge in [0, 0.05) is 6.61 Å². The molecule has 0 heterocycles. The fourth-order valence-corrected chi connectivity index (χ4v) is 8.83. The molecule has 1 unspecified atom stereocenters. The van der Waals surface area contributed by atoms with Crippen molar-refractivity contribution in [3.63, 3.8) is 0 Å². The topological polar surface area (TPSA) is 40.5 Å². The minimum Gasteiger partial charge on any atom is -0.396 e. The molecule has 0 aromatic carbocycles. The van der Waals surface area contributed by atoms with Gasteiger partial charge in [-0.15, -0.1) is 0 Å². The van der Waals surface area contributed by atoms with E-state index in [0.29, 0.717) is 17.4 Å². The maximum atomic E-state index is 10.2. The summed E-state index contributed by atoms with van der Waals surface area (Å²) >= 11 is 0. The highest BCUT2D eigenvalue weighted by atomic mass is 16.3. The Morgan fingerprint density at radius 1 is 0.923 bits per heavy atom. The lowest BCUT2D eigenvalue weighted by molar-refractivity contribution is -0.129. The quantitative estimate of drug-likeness (QED) is 0.701. The van der Waals surface area contributed by atoms with Crippen LogP contribution in [0, 0.1) is 46.3 Å². The van der Waals surface area contributed by atoms with E-state index in [2.05, 4.69) is 20.8 Å². The zero-order valence-electron chi connectivity index (χ0n) is 17.4. The lowest BCUT2D eigenvalue weighted by Gasteiger charge is -2.61. The van der Waals surface area contributed by atoms with Crippen LogP contribution in [0.15, 0.2) is 0 Å². The van der Waals surface area contributed by atoms with Crippen LogP contribution in [-0.2, 0) is 0 Å². The van der Waals surface area contributed by atoms with Crippen LogP contribution in [0.2, 0.25) is 0 Å². The minimum atomic E-state index is -0.0262. The second-order valence-corrected chi connectivity index (χ2v) is 11.2. The van der Waals surface area contributed by atoms with Crippen molar-refractivity contribution in [3.05, 3.63) is 0 Å². The second-order valence-electron chi connectivity index (χ2n) is 11.2. The fraction of sp³-hybridized carbons (Fsp3) is 1.00. The molecule has 0 aromatic rings. The third-order valence-electron chi connectivity index (χ3n) is 10.2. The van der Waals surface area contributed by atoms with Crippen LogP contribution in [-0.4, -0.2) is 22.9 Å². The van der Waals surface area contributed by atoms with Gasteiger partial charge in [0.25, 0.3) is 0 Å². The van der Waals surface area contributed by atoms with E-state index in [4.69, 9.17) is 0 Å². The molecule has 2 N–H and O–H groups in total. The Morgan fingerprint density at radius 3 is 2.42 bits per heavy atom. The Morgan fingerprint density at radius 2 is 1.65 bits per heavy atom. The minimum absolute atomic E-state index is 0.0262. The van der Waals surface area contributed by atoms with Crippen LogP contribution >= 0.6 is 0 Å². The van der Waals surface area contributed by atoms with E-state index in [9.17, 15) is 10.2 Å². The van der Waals surface area contributed by atoms with E-state index >= 15 is 0 Å². The van der Waals surface area contributed by atoms with Crippen molar-refractivity contribution in [1.29, 1.82) is 0 Å². The van der Waals surface area contributed by atoms with Crippen molar-refractivity contribution >= 4 is 0 Å². The molecule has 4 rings (SSSR count). The molecular weight excluding hydrogens is 320 g/mol. The zero-order valence-corrected chi connectivity index (χ0v) is 17.4. The van der Waals surface area contributed by atoms with Crippen molar-refractivity contribution in [2.75, 3.05) is 6.61 Å². The molecule has 2 heteroatoms. The molecule has 0 amide bonds. The summed E-state index contributed by atoms with van der Waals surface area (Å²) in [5.41, 5.74) is 1.05. The van der Waals surface area contributed by atoms with Gasteiger partial charge in [-0.2, -0.15) is 0 Å². The summed E-state index contributed by atoms with van der Waals surface area (Å²) in [5.74, 6) is 5.22. The molecule has 0 bridgehead atoms. The summed E-state index contributed by atoms with van der Waals surface area (Å²) in [7, 11) is 0. The summed E-state index contributed by atoms with van der Waals surface area (Å²) in [4.78, 5) is 0. The summed E-state index contributed by atoms with van der Waals surface area (Å²) in [6, 6.07) is 0. The Labute approximate surface area is 161 Å². The SMILES string of the molecule is C[C@H](CCCO)C1CC[C@H]2[C@@H]3CC[C@@H]4C[C@H](O)CC[C@]4(C)[C@H]3CC[C@]12C. The number of aliphatic hydroxyl groups is 2. The van der Waals surface area contributed by atoms with Crippen LogP contribution < -0.4 is 0 Å². The van der Waals surface area contributed by atoms with Gasteiger partial charge in [0.2, 0.25) is 0 Å². The Balaban J connectivity index is 1.52. The molecular formula is C24H42O2. The molecule has 4 aliphatic carbocycles. The summed E-state index contributed by atoms with van der Waals surface area (Å²) in [6.45, 7) is 8.05.